The molecule has 19 nitrogen and oxygen atoms in total. The summed E-state index contributed by atoms with van der Waals surface area (Å²) in [6.45, 7) is -2.68. The van der Waals surface area contributed by atoms with Gasteiger partial charge in [-0.3, -0.25) is 0 Å². The number of aliphatic hydroxyl groups excluding tert-OH is 12. The lowest BCUT2D eigenvalue weighted by atomic mass is 9.96. The minimum Gasteiger partial charge on any atom is -0.394 e. The molecule has 0 saturated carbocycles. The van der Waals surface area contributed by atoms with E-state index in [2.05, 4.69) is 0 Å². The van der Waals surface area contributed by atoms with Crippen molar-refractivity contribution in [3.05, 3.63) is 0 Å². The van der Waals surface area contributed by atoms with Crippen molar-refractivity contribution in [2.24, 2.45) is 0 Å². The quantitative estimate of drug-likeness (QED) is 0.122. The van der Waals surface area contributed by atoms with Crippen LogP contribution in [0.25, 0.3) is 0 Å². The van der Waals surface area contributed by atoms with Gasteiger partial charge >= 0.3 is 0 Å². The lowest BCUT2D eigenvalue weighted by molar-refractivity contribution is -0.397. The van der Waals surface area contributed by atoms with Crippen LogP contribution < -0.4 is 0 Å². The number of aliphatic hydroxyl groups is 12. The monoisotopic (exact) mass is 606 g/mol. The molecule has 4 heterocycles. The van der Waals surface area contributed by atoms with Gasteiger partial charge in [-0.1, -0.05) is 0 Å². The van der Waals surface area contributed by atoms with Crippen LogP contribution >= 0.6 is 0 Å². The van der Waals surface area contributed by atoms with Crippen LogP contribution in [0.1, 0.15) is 0 Å². The van der Waals surface area contributed by atoms with Crippen LogP contribution in [0.3, 0.4) is 0 Å². The van der Waals surface area contributed by atoms with Crippen molar-refractivity contribution < 1.29 is 94.4 Å². The average Bonchev–Trinajstić information content (AvgIpc) is 2.95. The fourth-order valence-corrected chi connectivity index (χ4v) is 4.95. The summed E-state index contributed by atoms with van der Waals surface area (Å²) in [6.07, 6.45) is -30.9. The van der Waals surface area contributed by atoms with Crippen LogP contribution in [-0.2, 0) is 33.2 Å². The standard InChI is InChI=1S/C22H38O19/c23-1-7-11(29)17(40-20-14(32)9(27)5(25)3-35-20)18(41-21-15(33)10(28)6(26)4-36-21)22(38-7)39-16-8(2-24)37-19(34)13(31)12(16)30/h5-34H,1-4H2/t5-,6-,7-,8-,9+,10+,11-,12-,13-,14-,15-,16+,17+,18-,19-,20+,21+,22+/m1/s1. The summed E-state index contributed by atoms with van der Waals surface area (Å²) in [5, 5.41) is 122. The maximum atomic E-state index is 11.0. The molecule has 0 spiro atoms. The van der Waals surface area contributed by atoms with Gasteiger partial charge in [-0.15, -0.1) is 0 Å². The molecule has 4 aliphatic heterocycles. The summed E-state index contributed by atoms with van der Waals surface area (Å²) in [4.78, 5) is 0. The Morgan fingerprint density at radius 2 is 0.951 bits per heavy atom. The third kappa shape index (κ3) is 6.83. The molecule has 0 aromatic carbocycles. The lowest BCUT2D eigenvalue weighted by Gasteiger charge is -2.49. The molecule has 0 radical (unpaired) electrons. The van der Waals surface area contributed by atoms with Crippen LogP contribution in [0, 0.1) is 0 Å². The van der Waals surface area contributed by atoms with Crippen molar-refractivity contribution in [1.29, 1.82) is 0 Å². The third-order valence-corrected chi connectivity index (χ3v) is 7.42. The molecule has 0 bridgehead atoms. The van der Waals surface area contributed by atoms with Gasteiger partial charge in [-0.05, 0) is 0 Å². The largest absolute Gasteiger partial charge is 0.394 e. The fourth-order valence-electron chi connectivity index (χ4n) is 4.95. The summed E-state index contributed by atoms with van der Waals surface area (Å²) in [5.41, 5.74) is 0. The van der Waals surface area contributed by atoms with Gasteiger partial charge in [0, 0.05) is 0 Å². The Hall–Kier alpha value is -0.760. The molecule has 4 aliphatic rings. The second-order valence-electron chi connectivity index (χ2n) is 10.2. The molecule has 19 heteroatoms. The first-order chi connectivity index (χ1) is 19.4. The minimum atomic E-state index is -1.91. The zero-order chi connectivity index (χ0) is 30.2. The predicted octanol–water partition coefficient (Wildman–Crippen LogP) is -8.47. The van der Waals surface area contributed by atoms with Gasteiger partial charge in [0.05, 0.1) is 26.4 Å². The van der Waals surface area contributed by atoms with Gasteiger partial charge in [0.1, 0.15) is 85.5 Å². The average molecular weight is 607 g/mol. The van der Waals surface area contributed by atoms with Gasteiger partial charge in [-0.2, -0.15) is 0 Å². The Morgan fingerprint density at radius 1 is 0.463 bits per heavy atom. The van der Waals surface area contributed by atoms with Crippen molar-refractivity contribution in [3.8, 4) is 0 Å². The highest BCUT2D eigenvalue weighted by molar-refractivity contribution is 4.97. The first-order valence-corrected chi connectivity index (χ1v) is 12.9. The molecule has 0 aromatic rings. The van der Waals surface area contributed by atoms with Crippen molar-refractivity contribution in [3.63, 3.8) is 0 Å². The van der Waals surface area contributed by atoms with E-state index in [9.17, 15) is 61.3 Å². The maximum Gasteiger partial charge on any atom is 0.187 e. The first kappa shape index (κ1) is 33.1. The van der Waals surface area contributed by atoms with E-state index in [0.29, 0.717) is 0 Å². The summed E-state index contributed by atoms with van der Waals surface area (Å²) >= 11 is 0. The van der Waals surface area contributed by atoms with E-state index in [0.717, 1.165) is 0 Å². The van der Waals surface area contributed by atoms with Crippen molar-refractivity contribution in [1.82, 2.24) is 0 Å². The van der Waals surface area contributed by atoms with Crippen LogP contribution in [0.4, 0.5) is 0 Å². The molecular weight excluding hydrogens is 568 g/mol. The van der Waals surface area contributed by atoms with E-state index >= 15 is 0 Å². The Bertz CT molecular complexity index is 822. The molecule has 0 aliphatic carbocycles. The normalized spacial score (nSPS) is 53.3. The summed E-state index contributed by atoms with van der Waals surface area (Å²) in [5.74, 6) is 0. The molecule has 0 aromatic heterocycles. The smallest absolute Gasteiger partial charge is 0.187 e. The minimum absolute atomic E-state index is 0.490. The fraction of sp³-hybridized carbons (Fsp3) is 1.00. The van der Waals surface area contributed by atoms with Gasteiger partial charge in [-0.25, -0.2) is 0 Å². The lowest BCUT2D eigenvalue weighted by Crippen LogP contribution is -2.67. The molecule has 240 valence electrons. The highest BCUT2D eigenvalue weighted by Gasteiger charge is 2.55. The van der Waals surface area contributed by atoms with E-state index in [-0.39, 0.29) is 0 Å². The van der Waals surface area contributed by atoms with Crippen LogP contribution in [0.15, 0.2) is 0 Å². The molecule has 12 N–H and O–H groups in total. The maximum absolute atomic E-state index is 11.0. The molecule has 4 fully saturated rings. The molecule has 41 heavy (non-hydrogen) atoms. The molecule has 18 atom stereocenters. The highest BCUT2D eigenvalue weighted by atomic mass is 16.8. The number of hydrogen-bond acceptors (Lipinski definition) is 19. The molecule has 4 saturated heterocycles. The second kappa shape index (κ2) is 13.9. The van der Waals surface area contributed by atoms with E-state index in [1.807, 2.05) is 0 Å². The molecule has 0 unspecified atom stereocenters. The summed E-state index contributed by atoms with van der Waals surface area (Å²) in [7, 11) is 0. The Morgan fingerprint density at radius 3 is 1.46 bits per heavy atom. The molecule has 0 amide bonds. The van der Waals surface area contributed by atoms with Crippen LogP contribution in [-0.4, -0.2) is 198 Å². The highest BCUT2D eigenvalue weighted by Crippen LogP contribution is 2.34. The zero-order valence-corrected chi connectivity index (χ0v) is 21.4. The van der Waals surface area contributed by atoms with Crippen molar-refractivity contribution in [2.75, 3.05) is 26.4 Å². The SMILES string of the molecule is OC[C@H]1O[C@@H](O[C@@H]2[C@H](O)[C@@H](O)[C@H](O)O[C@@H]2CO)[C@H](O[C@@H]2OC[C@@H](O)[C@H](O)[C@H]2O)[C@@H](O[C@@H]2OC[C@@H](O)[C@H](O)[C@H]2O)[C@@H]1O. The first-order valence-electron chi connectivity index (χ1n) is 12.9. The van der Waals surface area contributed by atoms with Crippen molar-refractivity contribution >= 4 is 0 Å². The zero-order valence-electron chi connectivity index (χ0n) is 21.4. The summed E-state index contributed by atoms with van der Waals surface area (Å²) in [6, 6.07) is 0. The topological polar surface area (TPSA) is 307 Å². The number of hydrogen-bond donors (Lipinski definition) is 12. The summed E-state index contributed by atoms with van der Waals surface area (Å²) < 4.78 is 38.4. The van der Waals surface area contributed by atoms with Gasteiger partial charge in [0.15, 0.2) is 25.2 Å². The van der Waals surface area contributed by atoms with Gasteiger partial charge in [0.2, 0.25) is 0 Å². The third-order valence-electron chi connectivity index (χ3n) is 7.42. The van der Waals surface area contributed by atoms with Crippen LogP contribution in [0.2, 0.25) is 0 Å². The van der Waals surface area contributed by atoms with E-state index in [1.54, 1.807) is 0 Å². The van der Waals surface area contributed by atoms with E-state index in [1.165, 1.54) is 0 Å². The van der Waals surface area contributed by atoms with E-state index in [4.69, 9.17) is 33.2 Å². The Balaban J connectivity index is 1.65. The predicted molar refractivity (Wildman–Crippen MR) is 122 cm³/mol. The van der Waals surface area contributed by atoms with Gasteiger partial charge < -0.3 is 94.4 Å². The molecular formula is C22H38O19. The second-order valence-corrected chi connectivity index (χ2v) is 10.2. The van der Waals surface area contributed by atoms with Crippen molar-refractivity contribution in [2.45, 2.75) is 111 Å². The Kier molecular flexibility index (Phi) is 11.2. The van der Waals surface area contributed by atoms with Crippen LogP contribution in [0.5, 0.6) is 0 Å². The van der Waals surface area contributed by atoms with E-state index < -0.39 is 137 Å². The van der Waals surface area contributed by atoms with Gasteiger partial charge in [0.25, 0.3) is 0 Å². The Labute approximate surface area is 232 Å². The molecule has 4 rings (SSSR count). The number of rotatable bonds is 8. The number of ether oxygens (including phenoxy) is 7.